The van der Waals surface area contributed by atoms with Crippen molar-refractivity contribution in [1.29, 1.82) is 0 Å². The molecule has 5 heteroatoms. The molecule has 0 amide bonds. The molecule has 0 spiro atoms. The zero-order valence-corrected chi connectivity index (χ0v) is 11.6. The first-order chi connectivity index (χ1) is 10.2. The van der Waals surface area contributed by atoms with Gasteiger partial charge in [-0.25, -0.2) is 9.97 Å². The van der Waals surface area contributed by atoms with Gasteiger partial charge in [-0.3, -0.25) is 4.98 Å². The number of aryl methyl sites for hydroxylation is 1. The molecular weight excluding hydrogens is 262 g/mol. The first-order valence-corrected chi connectivity index (χ1v) is 6.59. The molecule has 21 heavy (non-hydrogen) atoms. The van der Waals surface area contributed by atoms with Gasteiger partial charge in [0.05, 0.1) is 5.69 Å². The van der Waals surface area contributed by atoms with Crippen molar-refractivity contribution in [2.24, 2.45) is 0 Å². The fourth-order valence-electron chi connectivity index (χ4n) is 2.04. The van der Waals surface area contributed by atoms with E-state index in [1.165, 1.54) is 0 Å². The minimum Gasteiger partial charge on any atom is -0.399 e. The van der Waals surface area contributed by atoms with Crippen molar-refractivity contribution < 1.29 is 0 Å². The quantitative estimate of drug-likeness (QED) is 0.719. The molecule has 1 aromatic carbocycles. The number of nitrogens with zero attached hydrogens (tertiary/aromatic N) is 3. The third-order valence-electron chi connectivity index (χ3n) is 3.11. The minimum atomic E-state index is 0.546. The van der Waals surface area contributed by atoms with Crippen molar-refractivity contribution in [2.75, 3.05) is 11.1 Å². The van der Waals surface area contributed by atoms with E-state index < -0.39 is 0 Å². The Balaban J connectivity index is 1.90. The van der Waals surface area contributed by atoms with Gasteiger partial charge in [-0.1, -0.05) is 0 Å². The monoisotopic (exact) mass is 277 g/mol. The fourth-order valence-corrected chi connectivity index (χ4v) is 2.04. The lowest BCUT2D eigenvalue weighted by molar-refractivity contribution is 1.16. The van der Waals surface area contributed by atoms with Crippen LogP contribution in [0, 0.1) is 6.92 Å². The topological polar surface area (TPSA) is 76.7 Å². The molecule has 0 radical (unpaired) electrons. The van der Waals surface area contributed by atoms with E-state index in [0.29, 0.717) is 5.95 Å². The average molecular weight is 277 g/mol. The van der Waals surface area contributed by atoms with E-state index >= 15 is 0 Å². The first-order valence-electron chi connectivity index (χ1n) is 6.59. The number of pyridine rings is 1. The fraction of sp³-hybridized carbons (Fsp3) is 0.0625. The lowest BCUT2D eigenvalue weighted by atomic mass is 10.2. The van der Waals surface area contributed by atoms with E-state index in [1.807, 2.05) is 43.3 Å². The molecule has 0 aliphatic heterocycles. The molecule has 0 aliphatic carbocycles. The van der Waals surface area contributed by atoms with Crippen LogP contribution in [-0.4, -0.2) is 15.0 Å². The van der Waals surface area contributed by atoms with Crippen molar-refractivity contribution in [3.05, 3.63) is 60.6 Å². The lowest BCUT2D eigenvalue weighted by Crippen LogP contribution is -2.00. The molecule has 104 valence electrons. The Morgan fingerprint density at radius 2 is 2.00 bits per heavy atom. The summed E-state index contributed by atoms with van der Waals surface area (Å²) in [4.78, 5) is 12.9. The first kappa shape index (κ1) is 13.1. The van der Waals surface area contributed by atoms with Gasteiger partial charge in [-0.15, -0.1) is 0 Å². The minimum absolute atomic E-state index is 0.546. The predicted octanol–water partition coefficient (Wildman–Crippen LogP) is 3.17. The molecule has 0 aliphatic rings. The predicted molar refractivity (Wildman–Crippen MR) is 84.1 cm³/mol. The van der Waals surface area contributed by atoms with Crippen molar-refractivity contribution in [1.82, 2.24) is 15.0 Å². The van der Waals surface area contributed by atoms with E-state index in [4.69, 9.17) is 5.73 Å². The van der Waals surface area contributed by atoms with E-state index in [1.54, 1.807) is 18.6 Å². The maximum atomic E-state index is 5.76. The molecule has 2 heterocycles. The van der Waals surface area contributed by atoms with Gasteiger partial charge in [-0.05, 0) is 48.9 Å². The number of nitrogen functional groups attached to an aromatic ring is 1. The second-order valence-electron chi connectivity index (χ2n) is 4.71. The van der Waals surface area contributed by atoms with Gasteiger partial charge in [0.25, 0.3) is 0 Å². The van der Waals surface area contributed by atoms with Crippen molar-refractivity contribution in [3.8, 4) is 11.3 Å². The summed E-state index contributed by atoms with van der Waals surface area (Å²) in [5, 5.41) is 3.21. The van der Waals surface area contributed by atoms with Crippen molar-refractivity contribution >= 4 is 17.3 Å². The highest BCUT2D eigenvalue weighted by molar-refractivity contribution is 5.64. The van der Waals surface area contributed by atoms with Gasteiger partial charge in [0, 0.05) is 35.5 Å². The Hall–Kier alpha value is -2.95. The van der Waals surface area contributed by atoms with Crippen molar-refractivity contribution in [2.45, 2.75) is 6.92 Å². The maximum Gasteiger partial charge on any atom is 0.227 e. The zero-order valence-electron chi connectivity index (χ0n) is 11.6. The van der Waals surface area contributed by atoms with Crippen LogP contribution < -0.4 is 11.1 Å². The van der Waals surface area contributed by atoms with Crippen LogP contribution in [0.2, 0.25) is 0 Å². The molecule has 0 bridgehead atoms. The number of hydrogen-bond donors (Lipinski definition) is 2. The smallest absolute Gasteiger partial charge is 0.227 e. The molecule has 0 fully saturated rings. The second-order valence-corrected chi connectivity index (χ2v) is 4.71. The molecule has 0 unspecified atom stereocenters. The number of hydrogen-bond acceptors (Lipinski definition) is 5. The average Bonchev–Trinajstić information content (AvgIpc) is 2.51. The molecule has 5 nitrogen and oxygen atoms in total. The van der Waals surface area contributed by atoms with Gasteiger partial charge in [0.2, 0.25) is 5.95 Å². The summed E-state index contributed by atoms with van der Waals surface area (Å²) in [6.45, 7) is 1.99. The Morgan fingerprint density at radius 3 is 2.76 bits per heavy atom. The molecule has 2 aromatic heterocycles. The van der Waals surface area contributed by atoms with E-state index in [0.717, 1.165) is 28.2 Å². The summed E-state index contributed by atoms with van der Waals surface area (Å²) >= 11 is 0. The summed E-state index contributed by atoms with van der Waals surface area (Å²) < 4.78 is 0. The standard InChI is InChI=1S/C16H15N5/c1-11-9-13(17)4-5-14(11)20-16-19-8-6-15(21-16)12-3-2-7-18-10-12/h2-10H,17H2,1H3,(H,19,20,21). The van der Waals surface area contributed by atoms with E-state index in [-0.39, 0.29) is 0 Å². The van der Waals surface area contributed by atoms with Crippen LogP contribution in [0.25, 0.3) is 11.3 Å². The number of anilines is 3. The van der Waals surface area contributed by atoms with Crippen LogP contribution in [0.5, 0.6) is 0 Å². The Labute approximate surface area is 122 Å². The highest BCUT2D eigenvalue weighted by atomic mass is 15.1. The summed E-state index contributed by atoms with van der Waals surface area (Å²) in [5.41, 5.74) is 10.3. The lowest BCUT2D eigenvalue weighted by Gasteiger charge is -2.09. The largest absolute Gasteiger partial charge is 0.399 e. The number of nitrogens with two attached hydrogens (primary N) is 1. The SMILES string of the molecule is Cc1cc(N)ccc1Nc1nccc(-c2cccnc2)n1. The van der Waals surface area contributed by atoms with Crippen molar-refractivity contribution in [3.63, 3.8) is 0 Å². The number of benzene rings is 1. The van der Waals surface area contributed by atoms with E-state index in [2.05, 4.69) is 20.3 Å². The summed E-state index contributed by atoms with van der Waals surface area (Å²) in [5.74, 6) is 0.546. The van der Waals surface area contributed by atoms with Gasteiger partial charge in [-0.2, -0.15) is 0 Å². The van der Waals surface area contributed by atoms with Crippen LogP contribution in [0.4, 0.5) is 17.3 Å². The Kier molecular flexibility index (Phi) is 3.47. The summed E-state index contributed by atoms with van der Waals surface area (Å²) in [6, 6.07) is 11.4. The van der Waals surface area contributed by atoms with Crippen LogP contribution in [0.3, 0.4) is 0 Å². The Bertz CT molecular complexity index is 756. The molecule has 3 N–H and O–H groups in total. The van der Waals surface area contributed by atoms with Gasteiger partial charge in [0.15, 0.2) is 0 Å². The van der Waals surface area contributed by atoms with Gasteiger partial charge < -0.3 is 11.1 Å². The van der Waals surface area contributed by atoms with E-state index in [9.17, 15) is 0 Å². The van der Waals surface area contributed by atoms with Crippen LogP contribution in [-0.2, 0) is 0 Å². The molecule has 0 atom stereocenters. The summed E-state index contributed by atoms with van der Waals surface area (Å²) in [6.07, 6.45) is 5.24. The normalized spacial score (nSPS) is 10.3. The van der Waals surface area contributed by atoms with Crippen LogP contribution in [0.15, 0.2) is 55.0 Å². The highest BCUT2D eigenvalue weighted by Gasteiger charge is 2.04. The number of nitrogens with one attached hydrogen (secondary N) is 1. The second kappa shape index (κ2) is 5.58. The summed E-state index contributed by atoms with van der Waals surface area (Å²) in [7, 11) is 0. The zero-order chi connectivity index (χ0) is 14.7. The third kappa shape index (κ3) is 2.97. The molecular formula is C16H15N5. The molecule has 0 saturated heterocycles. The highest BCUT2D eigenvalue weighted by Crippen LogP contribution is 2.22. The maximum absolute atomic E-state index is 5.76. The van der Waals surface area contributed by atoms with Crippen LogP contribution >= 0.6 is 0 Å². The van der Waals surface area contributed by atoms with Gasteiger partial charge in [0.1, 0.15) is 0 Å². The molecule has 3 aromatic rings. The Morgan fingerprint density at radius 1 is 1.10 bits per heavy atom. The molecule has 3 rings (SSSR count). The van der Waals surface area contributed by atoms with Crippen LogP contribution in [0.1, 0.15) is 5.56 Å². The molecule has 0 saturated carbocycles. The van der Waals surface area contributed by atoms with Gasteiger partial charge >= 0.3 is 0 Å². The number of aromatic nitrogens is 3. The third-order valence-corrected chi connectivity index (χ3v) is 3.11. The number of rotatable bonds is 3.